The molecule has 0 aromatic heterocycles. The van der Waals surface area contributed by atoms with Crippen molar-refractivity contribution in [1.82, 2.24) is 0 Å². The molecule has 0 N–H and O–H groups in total. The lowest BCUT2D eigenvalue weighted by molar-refractivity contribution is 0.516. The Labute approximate surface area is 698 Å². The quantitative estimate of drug-likeness (QED) is 0.0466. The fourth-order valence-corrected chi connectivity index (χ4v) is 17.0. The highest BCUT2D eigenvalue weighted by Gasteiger charge is 2.10. The van der Waals surface area contributed by atoms with Crippen LogP contribution in [0.25, 0.3) is 12.2 Å². The second kappa shape index (κ2) is 89.3. The molecule has 0 atom stereocenters. The van der Waals surface area contributed by atoms with Gasteiger partial charge in [0.2, 0.25) is 0 Å². The molecule has 0 aliphatic carbocycles. The van der Waals surface area contributed by atoms with Crippen LogP contribution in [0.4, 0.5) is 11.4 Å². The lowest BCUT2D eigenvalue weighted by atomic mass is 10.0. The molecule has 0 fully saturated rings. The van der Waals surface area contributed by atoms with Gasteiger partial charge in [0, 0.05) is 0 Å². The van der Waals surface area contributed by atoms with Crippen molar-refractivity contribution in [2.24, 2.45) is 9.98 Å². The van der Waals surface area contributed by atoms with E-state index in [0.29, 0.717) is 0 Å². The Balaban J connectivity index is 1.82. The molecule has 2 rings (SSSR count). The first-order valence-electron chi connectivity index (χ1n) is 51.6. The van der Waals surface area contributed by atoms with Crippen LogP contribution < -0.4 is 0 Å². The summed E-state index contributed by atoms with van der Waals surface area (Å²) in [7, 11) is 0. The van der Waals surface area contributed by atoms with Crippen molar-refractivity contribution >= 4 is 35.0 Å². The van der Waals surface area contributed by atoms with Crippen LogP contribution in [0.15, 0.2) is 82.8 Å². The van der Waals surface area contributed by atoms with Crippen LogP contribution in [-0.2, 0) is 0 Å². The van der Waals surface area contributed by atoms with E-state index in [-0.39, 0.29) is 0 Å². The van der Waals surface area contributed by atoms with Gasteiger partial charge in [0.15, 0.2) is 0 Å². The molecule has 0 amide bonds. The van der Waals surface area contributed by atoms with Crippen molar-refractivity contribution in [1.29, 1.82) is 0 Å². The standard InChI is InChI=1S/C109H196N2/c1-5-9-13-17-21-24-27-30-33-36-39-42-45-48-51-54-57-60-63-66-69-72-75-78-81-84-88-92-104-96-100-106(101-97-104)110-108(94-90-86-20-16-12-8-4)109(95-91-87-83-80-77-74-71-68-65-62-59-56-53-50-47-44-41-38-35-32-29-26-23-19-15-11-7-3)111-107-102-98-105(99-103-107)93-89-85-82-79-76-73-70-67-64-61-58-55-52-49-46-43-40-37-34-31-28-25-22-18-14-10-6-2/h88-89,91-93,95-103H,5-87,90,94H2,1-4H3. The zero-order valence-corrected chi connectivity index (χ0v) is 76.1. The van der Waals surface area contributed by atoms with E-state index in [2.05, 4.69) is 113 Å². The molecule has 2 heteroatoms. The summed E-state index contributed by atoms with van der Waals surface area (Å²) in [5, 5.41) is 0. The molecule has 2 nitrogen and oxygen atoms in total. The minimum absolute atomic E-state index is 0.955. The van der Waals surface area contributed by atoms with Crippen LogP contribution in [0, 0.1) is 0 Å². The molecule has 0 aliphatic rings. The largest absolute Gasteiger partial charge is 0.251 e. The van der Waals surface area contributed by atoms with Crippen LogP contribution in [0.1, 0.15) is 585 Å². The fraction of sp³-hybridized carbons (Fsp3) is 0.817. The Morgan fingerprint density at radius 2 is 0.360 bits per heavy atom. The second-order valence-corrected chi connectivity index (χ2v) is 35.8. The summed E-state index contributed by atoms with van der Waals surface area (Å²) in [4.78, 5) is 11.0. The lowest BCUT2D eigenvalue weighted by Crippen LogP contribution is -2.12. The van der Waals surface area contributed by atoms with Gasteiger partial charge in [-0.2, -0.15) is 0 Å². The van der Waals surface area contributed by atoms with Gasteiger partial charge >= 0.3 is 0 Å². The Morgan fingerprint density at radius 3 is 0.568 bits per heavy atom. The van der Waals surface area contributed by atoms with Gasteiger partial charge in [0.1, 0.15) is 0 Å². The van der Waals surface area contributed by atoms with Crippen molar-refractivity contribution in [3.8, 4) is 0 Å². The third-order valence-electron chi connectivity index (χ3n) is 24.7. The predicted octanol–water partition coefficient (Wildman–Crippen LogP) is 40.4. The Hall–Kier alpha value is -3.00. The number of unbranched alkanes of at least 4 members (excludes halogenated alkanes) is 80. The number of benzene rings is 2. The first kappa shape index (κ1) is 104. The van der Waals surface area contributed by atoms with E-state index in [1.807, 2.05) is 0 Å². The number of hydrogen-bond acceptors (Lipinski definition) is 2. The number of hydrogen-bond donors (Lipinski definition) is 0. The summed E-state index contributed by atoms with van der Waals surface area (Å²) in [6.07, 6.45) is 134. The Morgan fingerprint density at radius 1 is 0.189 bits per heavy atom. The monoisotopic (exact) mass is 1530 g/mol. The molecule has 111 heavy (non-hydrogen) atoms. The van der Waals surface area contributed by atoms with E-state index < -0.39 is 0 Å². The number of nitrogens with zero attached hydrogens (tertiary/aromatic N) is 2. The SMILES string of the molecule is CCCCCCCCCCCCCCCCCCCCCCCCCCCC=CC(=Nc1ccc(C=CCCCCCCCCCCCCCCCCCCCCCCCCCCC)cc1)C(CCCCCCCC)=Nc1ccc(C=CCCCCCCCCCCCCCCCCCCCCCCCCCCC)cc1. The summed E-state index contributed by atoms with van der Waals surface area (Å²) in [5.74, 6) is 0. The zero-order chi connectivity index (χ0) is 78.9. The molecule has 0 radical (unpaired) electrons. The number of aliphatic imine (C=N–C) groups is 2. The summed E-state index contributed by atoms with van der Waals surface area (Å²) in [5.41, 5.74) is 6.80. The molecule has 0 aliphatic heterocycles. The maximum atomic E-state index is 5.49. The molecule has 2 aromatic rings. The van der Waals surface area contributed by atoms with Crippen molar-refractivity contribution in [3.05, 3.63) is 84.0 Å². The normalized spacial score (nSPS) is 12.3. The molecule has 0 saturated heterocycles. The first-order valence-corrected chi connectivity index (χ1v) is 51.6. The number of allylic oxidation sites excluding steroid dienone is 4. The average Bonchev–Trinajstić information content (AvgIpc) is 0.860. The van der Waals surface area contributed by atoms with Crippen molar-refractivity contribution < 1.29 is 0 Å². The minimum atomic E-state index is 0.955. The second-order valence-electron chi connectivity index (χ2n) is 35.8. The fourth-order valence-electron chi connectivity index (χ4n) is 17.0. The Kier molecular flexibility index (Phi) is 83.8. The Bertz CT molecular complexity index is 2260. The molecule has 642 valence electrons. The average molecular weight is 1530 g/mol. The smallest absolute Gasteiger partial charge is 0.0848 e. The maximum absolute atomic E-state index is 5.49. The molecule has 0 unspecified atom stereocenters. The maximum Gasteiger partial charge on any atom is 0.0848 e. The lowest BCUT2D eigenvalue weighted by Gasteiger charge is -2.09. The van der Waals surface area contributed by atoms with E-state index in [9.17, 15) is 0 Å². The van der Waals surface area contributed by atoms with E-state index in [0.717, 1.165) is 42.1 Å². The third-order valence-corrected chi connectivity index (χ3v) is 24.7. The van der Waals surface area contributed by atoms with E-state index in [1.165, 1.54) is 538 Å². The molecule has 0 spiro atoms. The van der Waals surface area contributed by atoms with Crippen molar-refractivity contribution in [2.45, 2.75) is 573 Å². The molecular weight excluding hydrogens is 1340 g/mol. The van der Waals surface area contributed by atoms with Gasteiger partial charge in [-0.1, -0.05) is 577 Å². The highest BCUT2D eigenvalue weighted by Crippen LogP contribution is 2.25. The van der Waals surface area contributed by atoms with E-state index >= 15 is 0 Å². The van der Waals surface area contributed by atoms with E-state index in [4.69, 9.17) is 9.98 Å². The summed E-state index contributed by atoms with van der Waals surface area (Å²) >= 11 is 0. The van der Waals surface area contributed by atoms with Crippen LogP contribution in [-0.4, -0.2) is 11.4 Å². The first-order chi connectivity index (χ1) is 55.2. The molecule has 0 bridgehead atoms. The summed E-state index contributed by atoms with van der Waals surface area (Å²) < 4.78 is 0. The molecular formula is C109H196N2. The van der Waals surface area contributed by atoms with Gasteiger partial charge < -0.3 is 0 Å². The van der Waals surface area contributed by atoms with Gasteiger partial charge in [-0.15, -0.1) is 0 Å². The van der Waals surface area contributed by atoms with Crippen LogP contribution >= 0.6 is 0 Å². The van der Waals surface area contributed by atoms with Crippen LogP contribution in [0.5, 0.6) is 0 Å². The highest BCUT2D eigenvalue weighted by molar-refractivity contribution is 6.47. The number of rotatable bonds is 91. The van der Waals surface area contributed by atoms with Gasteiger partial charge in [0.25, 0.3) is 0 Å². The van der Waals surface area contributed by atoms with Crippen LogP contribution in [0.2, 0.25) is 0 Å². The molecule has 0 saturated carbocycles. The predicted molar refractivity (Wildman–Crippen MR) is 509 cm³/mol. The minimum Gasteiger partial charge on any atom is -0.251 e. The van der Waals surface area contributed by atoms with Crippen molar-refractivity contribution in [2.75, 3.05) is 0 Å². The highest BCUT2D eigenvalue weighted by atomic mass is 14.8. The zero-order valence-electron chi connectivity index (χ0n) is 76.1. The van der Waals surface area contributed by atoms with Gasteiger partial charge in [-0.25, -0.2) is 4.99 Å². The van der Waals surface area contributed by atoms with Crippen LogP contribution in [0.3, 0.4) is 0 Å². The van der Waals surface area contributed by atoms with Crippen molar-refractivity contribution in [3.63, 3.8) is 0 Å². The van der Waals surface area contributed by atoms with Gasteiger partial charge in [0.05, 0.1) is 22.8 Å². The van der Waals surface area contributed by atoms with Gasteiger partial charge in [-0.05, 0) is 92.8 Å². The van der Waals surface area contributed by atoms with E-state index in [1.54, 1.807) is 0 Å². The van der Waals surface area contributed by atoms with Gasteiger partial charge in [-0.3, -0.25) is 4.99 Å². The third kappa shape index (κ3) is 76.7. The molecule has 0 heterocycles. The molecule has 2 aromatic carbocycles. The summed E-state index contributed by atoms with van der Waals surface area (Å²) in [6, 6.07) is 18.1. The topological polar surface area (TPSA) is 24.7 Å². The summed E-state index contributed by atoms with van der Waals surface area (Å²) in [6.45, 7) is 9.27.